The maximum absolute atomic E-state index is 12.6. The first-order valence-corrected chi connectivity index (χ1v) is 11.8. The number of rotatable bonds is 4. The second-order valence-electron chi connectivity index (χ2n) is 7.33. The maximum atomic E-state index is 12.6. The number of nitrogens with zero attached hydrogens (tertiary/aromatic N) is 2. The average molecular weight is 481 g/mol. The monoisotopic (exact) mass is 480 g/mol. The van der Waals surface area contributed by atoms with E-state index in [1.54, 1.807) is 23.1 Å². The molecule has 162 valence electrons. The van der Waals surface area contributed by atoms with E-state index in [-0.39, 0.29) is 22.0 Å². The van der Waals surface area contributed by atoms with E-state index in [9.17, 15) is 18.0 Å². The van der Waals surface area contributed by atoms with Crippen LogP contribution in [0.3, 0.4) is 0 Å². The fourth-order valence-corrected chi connectivity index (χ4v) is 5.47. The summed E-state index contributed by atoms with van der Waals surface area (Å²) in [4.78, 5) is 26.9. The standard InChI is InChI=1S/C21H18Cl2N2O5S/c22-14-7-8-15(17(23)10-14)18(26)12-30-21(27)13-4-3-9-25(11-13)20-16-5-1-2-6-19(16)31(28,29)24-20/h1-2,5-8,10,13H,3-4,9,11-12H2. The number of piperidine rings is 1. The number of Topliss-reactive ketones (excluding diaryl/α,β-unsaturated/α-hetero) is 1. The van der Waals surface area contributed by atoms with E-state index in [0.717, 1.165) is 0 Å². The van der Waals surface area contributed by atoms with Crippen LogP contribution in [0.1, 0.15) is 28.8 Å². The van der Waals surface area contributed by atoms with Crippen molar-refractivity contribution >= 4 is 50.8 Å². The van der Waals surface area contributed by atoms with Gasteiger partial charge in [0.25, 0.3) is 10.0 Å². The van der Waals surface area contributed by atoms with Gasteiger partial charge in [-0.05, 0) is 43.2 Å². The van der Waals surface area contributed by atoms with Crippen LogP contribution in [0.5, 0.6) is 0 Å². The summed E-state index contributed by atoms with van der Waals surface area (Å²) in [6, 6.07) is 11.1. The smallest absolute Gasteiger partial charge is 0.311 e. The van der Waals surface area contributed by atoms with Crippen molar-refractivity contribution in [1.82, 2.24) is 4.90 Å². The summed E-state index contributed by atoms with van der Waals surface area (Å²) in [6.07, 6.45) is 1.24. The van der Waals surface area contributed by atoms with Crippen molar-refractivity contribution in [3.63, 3.8) is 0 Å². The summed E-state index contributed by atoms with van der Waals surface area (Å²) < 4.78 is 33.8. The summed E-state index contributed by atoms with van der Waals surface area (Å²) in [5, 5.41) is 0.593. The van der Waals surface area contributed by atoms with Crippen LogP contribution in [0.2, 0.25) is 10.0 Å². The summed E-state index contributed by atoms with van der Waals surface area (Å²) in [6.45, 7) is 0.401. The van der Waals surface area contributed by atoms with Crippen molar-refractivity contribution < 1.29 is 22.7 Å². The highest BCUT2D eigenvalue weighted by Crippen LogP contribution is 2.30. The lowest BCUT2D eigenvalue weighted by atomic mass is 9.97. The third kappa shape index (κ3) is 4.46. The molecule has 31 heavy (non-hydrogen) atoms. The van der Waals surface area contributed by atoms with Crippen LogP contribution in [-0.2, 0) is 19.6 Å². The lowest BCUT2D eigenvalue weighted by Crippen LogP contribution is -2.43. The number of hydrogen-bond donors (Lipinski definition) is 0. The average Bonchev–Trinajstić information content (AvgIpc) is 3.03. The molecule has 2 aromatic rings. The van der Waals surface area contributed by atoms with Crippen molar-refractivity contribution in [2.45, 2.75) is 17.7 Å². The zero-order valence-electron chi connectivity index (χ0n) is 16.3. The molecule has 10 heteroatoms. The Morgan fingerprint density at radius 3 is 2.71 bits per heavy atom. The molecule has 2 aliphatic rings. The Bertz CT molecular complexity index is 1200. The van der Waals surface area contributed by atoms with E-state index < -0.39 is 34.3 Å². The first-order chi connectivity index (χ1) is 14.8. The first-order valence-electron chi connectivity index (χ1n) is 9.60. The minimum absolute atomic E-state index is 0.167. The van der Waals surface area contributed by atoms with Gasteiger partial charge in [0.15, 0.2) is 12.4 Å². The molecule has 1 fully saturated rings. The highest BCUT2D eigenvalue weighted by Gasteiger charge is 2.35. The molecule has 1 saturated heterocycles. The van der Waals surface area contributed by atoms with E-state index >= 15 is 0 Å². The zero-order chi connectivity index (χ0) is 22.2. The summed E-state index contributed by atoms with van der Waals surface area (Å²) in [7, 11) is -3.74. The minimum atomic E-state index is -3.74. The zero-order valence-corrected chi connectivity index (χ0v) is 18.6. The van der Waals surface area contributed by atoms with Gasteiger partial charge in [-0.25, -0.2) is 0 Å². The van der Waals surface area contributed by atoms with Gasteiger partial charge in [-0.3, -0.25) is 9.59 Å². The highest BCUT2D eigenvalue weighted by atomic mass is 35.5. The number of esters is 1. The minimum Gasteiger partial charge on any atom is -0.457 e. The largest absolute Gasteiger partial charge is 0.457 e. The number of sulfonamides is 1. The third-order valence-electron chi connectivity index (χ3n) is 5.24. The van der Waals surface area contributed by atoms with Crippen LogP contribution in [0, 0.1) is 5.92 Å². The number of carbonyl (C=O) groups excluding carboxylic acids is 2. The number of ether oxygens (including phenoxy) is 1. The Morgan fingerprint density at radius 2 is 1.94 bits per heavy atom. The second-order valence-corrected chi connectivity index (χ2v) is 9.74. The van der Waals surface area contributed by atoms with Gasteiger partial charge in [0.05, 0.1) is 10.9 Å². The lowest BCUT2D eigenvalue weighted by molar-refractivity contribution is -0.148. The molecule has 0 saturated carbocycles. The molecule has 0 aliphatic carbocycles. The quantitative estimate of drug-likeness (QED) is 0.490. The fourth-order valence-electron chi connectivity index (χ4n) is 3.73. The molecular weight excluding hydrogens is 463 g/mol. The number of fused-ring (bicyclic) bond motifs is 1. The van der Waals surface area contributed by atoms with E-state index in [4.69, 9.17) is 27.9 Å². The van der Waals surface area contributed by atoms with Gasteiger partial charge in [-0.15, -0.1) is 4.40 Å². The molecule has 2 aromatic carbocycles. The topological polar surface area (TPSA) is 93.1 Å². The SMILES string of the molecule is O=C(COC(=O)C1CCCN(C2=NS(=O)(=O)c3ccccc32)C1)c1ccc(Cl)cc1Cl. The van der Waals surface area contributed by atoms with E-state index in [0.29, 0.717) is 35.8 Å². The number of likely N-dealkylation sites (tertiary alicyclic amines) is 1. The van der Waals surface area contributed by atoms with Crippen molar-refractivity contribution in [3.05, 3.63) is 63.6 Å². The Morgan fingerprint density at radius 1 is 1.16 bits per heavy atom. The number of hydrogen-bond acceptors (Lipinski definition) is 6. The Balaban J connectivity index is 1.42. The number of benzene rings is 2. The van der Waals surface area contributed by atoms with E-state index in [2.05, 4.69) is 4.40 Å². The van der Waals surface area contributed by atoms with Crippen molar-refractivity contribution in [2.24, 2.45) is 10.3 Å². The van der Waals surface area contributed by atoms with Gasteiger partial charge in [-0.2, -0.15) is 8.42 Å². The lowest BCUT2D eigenvalue weighted by Gasteiger charge is -2.32. The highest BCUT2D eigenvalue weighted by molar-refractivity contribution is 7.90. The first kappa shape index (κ1) is 21.8. The molecule has 0 aromatic heterocycles. The molecule has 1 atom stereocenters. The molecule has 4 rings (SSSR count). The van der Waals surface area contributed by atoms with Crippen LogP contribution in [0.15, 0.2) is 51.8 Å². The molecule has 0 spiro atoms. The molecule has 7 nitrogen and oxygen atoms in total. The van der Waals surface area contributed by atoms with Gasteiger partial charge in [0.1, 0.15) is 4.90 Å². The van der Waals surface area contributed by atoms with Crippen LogP contribution in [-0.4, -0.2) is 50.6 Å². The number of halogens is 2. The molecule has 0 amide bonds. The number of amidine groups is 1. The Hall–Kier alpha value is -2.42. The Labute approximate surface area is 189 Å². The van der Waals surface area contributed by atoms with Crippen molar-refractivity contribution in [3.8, 4) is 0 Å². The Kier molecular flexibility index (Phi) is 6.05. The van der Waals surface area contributed by atoms with Gasteiger partial charge in [0, 0.05) is 29.2 Å². The van der Waals surface area contributed by atoms with Crippen LogP contribution in [0.4, 0.5) is 0 Å². The molecular formula is C21H18Cl2N2O5S. The molecule has 1 unspecified atom stereocenters. The second kappa shape index (κ2) is 8.61. The summed E-state index contributed by atoms with van der Waals surface area (Å²) >= 11 is 11.9. The molecule has 0 radical (unpaired) electrons. The van der Waals surface area contributed by atoms with Crippen LogP contribution < -0.4 is 0 Å². The molecule has 2 aliphatic heterocycles. The van der Waals surface area contributed by atoms with Gasteiger partial charge < -0.3 is 9.64 Å². The maximum Gasteiger partial charge on any atom is 0.311 e. The van der Waals surface area contributed by atoms with E-state index in [1.165, 1.54) is 24.3 Å². The number of carbonyl (C=O) groups is 2. The normalized spacial score (nSPS) is 19.5. The van der Waals surface area contributed by atoms with E-state index in [1.807, 2.05) is 0 Å². The fraction of sp³-hybridized carbons (Fsp3) is 0.286. The van der Waals surface area contributed by atoms with Gasteiger partial charge in [-0.1, -0.05) is 35.3 Å². The van der Waals surface area contributed by atoms with Crippen LogP contribution in [0.25, 0.3) is 0 Å². The number of ketones is 1. The summed E-state index contributed by atoms with van der Waals surface area (Å²) in [5.74, 6) is -1.10. The predicted molar refractivity (Wildman–Crippen MR) is 116 cm³/mol. The summed E-state index contributed by atoms with van der Waals surface area (Å²) in [5.41, 5.74) is 0.760. The molecule has 2 heterocycles. The third-order valence-corrected chi connectivity index (χ3v) is 7.12. The van der Waals surface area contributed by atoms with Gasteiger partial charge >= 0.3 is 5.97 Å². The van der Waals surface area contributed by atoms with Crippen molar-refractivity contribution in [1.29, 1.82) is 0 Å². The van der Waals surface area contributed by atoms with Gasteiger partial charge in [0.2, 0.25) is 5.78 Å². The molecule has 0 bridgehead atoms. The van der Waals surface area contributed by atoms with Crippen LogP contribution >= 0.6 is 23.2 Å². The predicted octanol–water partition coefficient (Wildman–Crippen LogP) is 3.58. The molecule has 0 N–H and O–H groups in total. The van der Waals surface area contributed by atoms with Crippen molar-refractivity contribution in [2.75, 3.05) is 19.7 Å².